The molecule has 1 aliphatic heterocycles. The number of ether oxygens (including phenoxy) is 1. The normalized spacial score (nSPS) is 26.3. The Morgan fingerprint density at radius 1 is 1.38 bits per heavy atom. The Kier molecular flexibility index (Phi) is 4.86. The molecular formula is C14H25NO. The summed E-state index contributed by atoms with van der Waals surface area (Å²) in [4.78, 5) is 0. The molecule has 0 aromatic rings. The molecule has 92 valence electrons. The Balaban J connectivity index is 1.50. The molecule has 0 bridgehead atoms. The third kappa shape index (κ3) is 4.67. The highest BCUT2D eigenvalue weighted by Gasteiger charge is 2.19. The first-order valence-corrected chi connectivity index (χ1v) is 6.85. The lowest BCUT2D eigenvalue weighted by Crippen LogP contribution is -2.16. The van der Waals surface area contributed by atoms with Gasteiger partial charge in [-0.25, -0.2) is 0 Å². The molecule has 0 spiro atoms. The smallest absolute Gasteiger partial charge is 0.0579 e. The topological polar surface area (TPSA) is 21.3 Å². The lowest BCUT2D eigenvalue weighted by atomic mass is 10.1. The van der Waals surface area contributed by atoms with E-state index < -0.39 is 0 Å². The Morgan fingerprint density at radius 3 is 2.94 bits per heavy atom. The molecular weight excluding hydrogens is 198 g/mol. The molecule has 1 heterocycles. The van der Waals surface area contributed by atoms with Crippen LogP contribution in [0.15, 0.2) is 11.6 Å². The van der Waals surface area contributed by atoms with E-state index in [-0.39, 0.29) is 0 Å². The molecule has 2 aliphatic rings. The van der Waals surface area contributed by atoms with Gasteiger partial charge in [-0.1, -0.05) is 11.6 Å². The minimum absolute atomic E-state index is 0.549. The number of hydrogen-bond acceptors (Lipinski definition) is 2. The fraction of sp³-hybridized carbons (Fsp3) is 0.857. The van der Waals surface area contributed by atoms with Gasteiger partial charge in [0.05, 0.1) is 6.10 Å². The van der Waals surface area contributed by atoms with Crippen molar-refractivity contribution in [2.24, 2.45) is 0 Å². The van der Waals surface area contributed by atoms with Crippen molar-refractivity contribution in [3.63, 3.8) is 0 Å². The monoisotopic (exact) mass is 223 g/mol. The highest BCUT2D eigenvalue weighted by atomic mass is 16.5. The van der Waals surface area contributed by atoms with Crippen LogP contribution in [0.5, 0.6) is 0 Å². The summed E-state index contributed by atoms with van der Waals surface area (Å²) in [5.74, 6) is 0. The average molecular weight is 223 g/mol. The fourth-order valence-electron chi connectivity index (χ4n) is 2.26. The van der Waals surface area contributed by atoms with E-state index in [1.54, 1.807) is 0 Å². The van der Waals surface area contributed by atoms with Gasteiger partial charge in [-0.05, 0) is 58.4 Å². The highest BCUT2D eigenvalue weighted by molar-refractivity contribution is 4.99. The first-order chi connectivity index (χ1) is 7.84. The lowest BCUT2D eigenvalue weighted by molar-refractivity contribution is 0.104. The van der Waals surface area contributed by atoms with E-state index in [9.17, 15) is 0 Å². The molecule has 1 unspecified atom stereocenters. The standard InChI is InChI=1S/C14H25NO/c1-12(4-2-10-15-13-7-8-13)6-9-14-5-3-11-16-14/h4,13-15H,2-3,5-11H2,1H3. The van der Waals surface area contributed by atoms with Gasteiger partial charge in [-0.3, -0.25) is 0 Å². The van der Waals surface area contributed by atoms with Crippen LogP contribution in [-0.2, 0) is 4.74 Å². The van der Waals surface area contributed by atoms with Crippen LogP contribution in [0.25, 0.3) is 0 Å². The molecule has 2 rings (SSSR count). The van der Waals surface area contributed by atoms with Crippen LogP contribution in [-0.4, -0.2) is 25.3 Å². The van der Waals surface area contributed by atoms with Crippen molar-refractivity contribution in [1.29, 1.82) is 0 Å². The highest BCUT2D eigenvalue weighted by Crippen LogP contribution is 2.20. The Hall–Kier alpha value is -0.340. The fourth-order valence-corrected chi connectivity index (χ4v) is 2.26. The van der Waals surface area contributed by atoms with Gasteiger partial charge in [0.15, 0.2) is 0 Å². The second kappa shape index (κ2) is 6.41. The van der Waals surface area contributed by atoms with E-state index in [0.29, 0.717) is 6.10 Å². The lowest BCUT2D eigenvalue weighted by Gasteiger charge is -2.09. The van der Waals surface area contributed by atoms with Gasteiger partial charge in [0, 0.05) is 12.6 Å². The molecule has 2 nitrogen and oxygen atoms in total. The first-order valence-electron chi connectivity index (χ1n) is 6.85. The van der Waals surface area contributed by atoms with Crippen LogP contribution < -0.4 is 5.32 Å². The van der Waals surface area contributed by atoms with Gasteiger partial charge in [0.25, 0.3) is 0 Å². The molecule has 0 aromatic heterocycles. The summed E-state index contributed by atoms with van der Waals surface area (Å²) in [5.41, 5.74) is 1.54. The number of rotatable bonds is 7. The summed E-state index contributed by atoms with van der Waals surface area (Å²) >= 11 is 0. The molecule has 2 heteroatoms. The largest absolute Gasteiger partial charge is 0.378 e. The van der Waals surface area contributed by atoms with E-state index >= 15 is 0 Å². The zero-order valence-corrected chi connectivity index (χ0v) is 10.5. The van der Waals surface area contributed by atoms with Crippen molar-refractivity contribution in [1.82, 2.24) is 5.32 Å². The molecule has 1 saturated carbocycles. The Labute approximate surface area is 99.4 Å². The molecule has 16 heavy (non-hydrogen) atoms. The van der Waals surface area contributed by atoms with E-state index in [1.807, 2.05) is 0 Å². The molecule has 1 atom stereocenters. The SMILES string of the molecule is CC(=CCCNC1CC1)CCC1CCCO1. The van der Waals surface area contributed by atoms with E-state index in [2.05, 4.69) is 18.3 Å². The van der Waals surface area contributed by atoms with E-state index in [4.69, 9.17) is 4.74 Å². The van der Waals surface area contributed by atoms with Crippen molar-refractivity contribution < 1.29 is 4.74 Å². The molecule has 1 saturated heterocycles. The van der Waals surface area contributed by atoms with Crippen LogP contribution in [0.3, 0.4) is 0 Å². The summed E-state index contributed by atoms with van der Waals surface area (Å²) in [6, 6.07) is 0.848. The third-order valence-corrected chi connectivity index (χ3v) is 3.53. The average Bonchev–Trinajstić information content (AvgIpc) is 2.96. The Bertz CT molecular complexity index is 227. The zero-order valence-electron chi connectivity index (χ0n) is 10.5. The second-order valence-electron chi connectivity index (χ2n) is 5.24. The number of allylic oxidation sites excluding steroid dienone is 1. The van der Waals surface area contributed by atoms with Crippen LogP contribution >= 0.6 is 0 Å². The van der Waals surface area contributed by atoms with Gasteiger partial charge in [-0.15, -0.1) is 0 Å². The van der Waals surface area contributed by atoms with Gasteiger partial charge in [-0.2, -0.15) is 0 Å². The Morgan fingerprint density at radius 2 is 2.25 bits per heavy atom. The maximum atomic E-state index is 5.63. The predicted octanol–water partition coefficient (Wildman–Crippen LogP) is 3.03. The van der Waals surface area contributed by atoms with Crippen molar-refractivity contribution in [2.45, 2.75) is 64.0 Å². The van der Waals surface area contributed by atoms with Gasteiger partial charge < -0.3 is 10.1 Å². The minimum atomic E-state index is 0.549. The molecule has 0 radical (unpaired) electrons. The maximum Gasteiger partial charge on any atom is 0.0579 e. The van der Waals surface area contributed by atoms with Crippen molar-refractivity contribution >= 4 is 0 Å². The molecule has 1 aliphatic carbocycles. The summed E-state index contributed by atoms with van der Waals surface area (Å²) in [6.45, 7) is 4.40. The maximum absolute atomic E-state index is 5.63. The van der Waals surface area contributed by atoms with Gasteiger partial charge >= 0.3 is 0 Å². The predicted molar refractivity (Wildman–Crippen MR) is 67.6 cm³/mol. The summed E-state index contributed by atoms with van der Waals surface area (Å²) < 4.78 is 5.63. The summed E-state index contributed by atoms with van der Waals surface area (Å²) in [5, 5.41) is 3.54. The van der Waals surface area contributed by atoms with Crippen molar-refractivity contribution in [2.75, 3.05) is 13.2 Å². The summed E-state index contributed by atoms with van der Waals surface area (Å²) in [7, 11) is 0. The van der Waals surface area contributed by atoms with Gasteiger partial charge in [0.1, 0.15) is 0 Å². The van der Waals surface area contributed by atoms with E-state index in [1.165, 1.54) is 50.5 Å². The molecule has 0 aromatic carbocycles. The summed E-state index contributed by atoms with van der Waals surface area (Å²) in [6.07, 6.45) is 11.9. The third-order valence-electron chi connectivity index (χ3n) is 3.53. The first kappa shape index (κ1) is 12.1. The molecule has 0 amide bonds. The van der Waals surface area contributed by atoms with Crippen molar-refractivity contribution in [3.8, 4) is 0 Å². The van der Waals surface area contributed by atoms with Crippen molar-refractivity contribution in [3.05, 3.63) is 11.6 Å². The zero-order chi connectivity index (χ0) is 11.2. The van der Waals surface area contributed by atoms with E-state index in [0.717, 1.165) is 19.2 Å². The quantitative estimate of drug-likeness (QED) is 0.529. The van der Waals surface area contributed by atoms with Crippen LogP contribution in [0.4, 0.5) is 0 Å². The minimum Gasteiger partial charge on any atom is -0.378 e. The molecule has 2 fully saturated rings. The van der Waals surface area contributed by atoms with Crippen LogP contribution in [0.1, 0.15) is 51.9 Å². The van der Waals surface area contributed by atoms with Crippen LogP contribution in [0.2, 0.25) is 0 Å². The number of nitrogens with one attached hydrogen (secondary N) is 1. The van der Waals surface area contributed by atoms with Crippen LogP contribution in [0, 0.1) is 0 Å². The molecule has 1 N–H and O–H groups in total. The second-order valence-corrected chi connectivity index (χ2v) is 5.24. The van der Waals surface area contributed by atoms with Gasteiger partial charge in [0.2, 0.25) is 0 Å². The number of hydrogen-bond donors (Lipinski definition) is 1.